The van der Waals surface area contributed by atoms with E-state index in [0.717, 1.165) is 12.8 Å². The number of hydrogen-bond acceptors (Lipinski definition) is 2. The highest BCUT2D eigenvalue weighted by Gasteiger charge is 2.38. The van der Waals surface area contributed by atoms with E-state index in [1.165, 1.54) is 24.3 Å². The summed E-state index contributed by atoms with van der Waals surface area (Å²) < 4.78 is 39.4. The van der Waals surface area contributed by atoms with Crippen LogP contribution in [0.2, 0.25) is 0 Å². The van der Waals surface area contributed by atoms with Crippen molar-refractivity contribution in [3.8, 4) is 0 Å². The van der Waals surface area contributed by atoms with Crippen LogP contribution in [-0.2, 0) is 10.0 Å². The molecule has 1 aromatic carbocycles. The fourth-order valence-corrected chi connectivity index (χ4v) is 4.48. The van der Waals surface area contributed by atoms with E-state index in [4.69, 9.17) is 0 Å². The molecule has 2 unspecified atom stereocenters. The number of nitrogens with zero attached hydrogens (tertiary/aromatic N) is 1. The number of sulfonamides is 1. The Kier molecular flexibility index (Phi) is 3.19. The van der Waals surface area contributed by atoms with Gasteiger partial charge < -0.3 is 0 Å². The Balaban J connectivity index is 1.84. The minimum Gasteiger partial charge on any atom is -0.207 e. The van der Waals surface area contributed by atoms with Gasteiger partial charge in [0.2, 0.25) is 10.0 Å². The Labute approximate surface area is 112 Å². The molecule has 0 spiro atoms. The molecule has 0 bridgehead atoms. The van der Waals surface area contributed by atoms with Gasteiger partial charge in [-0.3, -0.25) is 0 Å². The van der Waals surface area contributed by atoms with Gasteiger partial charge in [-0.1, -0.05) is 12.2 Å². The first-order valence-corrected chi connectivity index (χ1v) is 7.92. The van der Waals surface area contributed by atoms with E-state index in [1.54, 1.807) is 4.31 Å². The summed E-state index contributed by atoms with van der Waals surface area (Å²) in [6.45, 7) is 1.16. The summed E-state index contributed by atoms with van der Waals surface area (Å²) in [5.74, 6) is 0.443. The summed E-state index contributed by atoms with van der Waals surface area (Å²) in [6, 6.07) is 5.06. The van der Waals surface area contributed by atoms with Gasteiger partial charge in [-0.25, -0.2) is 12.8 Å². The lowest BCUT2D eigenvalue weighted by Crippen LogP contribution is -2.29. The average Bonchev–Trinajstić information content (AvgIpc) is 2.83. The van der Waals surface area contributed by atoms with Crippen molar-refractivity contribution in [1.29, 1.82) is 0 Å². The lowest BCUT2D eigenvalue weighted by molar-refractivity contribution is 0.411. The Bertz CT molecular complexity index is 578. The lowest BCUT2D eigenvalue weighted by Gasteiger charge is -2.18. The molecule has 1 heterocycles. The van der Waals surface area contributed by atoms with E-state index in [2.05, 4.69) is 12.2 Å². The number of hydrogen-bond donors (Lipinski definition) is 0. The second kappa shape index (κ2) is 4.72. The van der Waals surface area contributed by atoms with E-state index >= 15 is 0 Å². The molecule has 1 fully saturated rings. The average molecular weight is 281 g/mol. The van der Waals surface area contributed by atoms with Crippen LogP contribution in [0.3, 0.4) is 0 Å². The molecule has 2 atom stereocenters. The normalized spacial score (nSPS) is 27.4. The van der Waals surface area contributed by atoms with Crippen molar-refractivity contribution in [2.45, 2.75) is 17.7 Å². The maximum absolute atomic E-state index is 12.9. The molecular weight excluding hydrogens is 265 g/mol. The van der Waals surface area contributed by atoms with Crippen LogP contribution in [0, 0.1) is 17.7 Å². The largest absolute Gasteiger partial charge is 0.243 e. The third-order valence-corrected chi connectivity index (χ3v) is 5.88. The van der Waals surface area contributed by atoms with Gasteiger partial charge in [0.15, 0.2) is 0 Å². The molecule has 102 valence electrons. The summed E-state index contributed by atoms with van der Waals surface area (Å²) >= 11 is 0. The molecule has 0 aromatic heterocycles. The number of allylic oxidation sites excluding steroid dienone is 2. The van der Waals surface area contributed by atoms with Crippen molar-refractivity contribution in [1.82, 2.24) is 4.31 Å². The highest BCUT2D eigenvalue weighted by Crippen LogP contribution is 2.35. The molecule has 1 aliphatic carbocycles. The van der Waals surface area contributed by atoms with Crippen LogP contribution in [0.15, 0.2) is 41.3 Å². The zero-order chi connectivity index (χ0) is 13.5. The number of halogens is 1. The molecule has 0 radical (unpaired) electrons. The van der Waals surface area contributed by atoms with Crippen molar-refractivity contribution in [2.24, 2.45) is 11.8 Å². The van der Waals surface area contributed by atoms with Gasteiger partial charge in [-0.2, -0.15) is 4.31 Å². The van der Waals surface area contributed by atoms with Crippen LogP contribution in [-0.4, -0.2) is 25.8 Å². The van der Waals surface area contributed by atoms with Crippen molar-refractivity contribution in [3.63, 3.8) is 0 Å². The van der Waals surface area contributed by atoms with Gasteiger partial charge in [0.1, 0.15) is 5.82 Å². The summed E-state index contributed by atoms with van der Waals surface area (Å²) in [4.78, 5) is 0.181. The number of rotatable bonds is 2. The first-order chi connectivity index (χ1) is 9.07. The van der Waals surface area contributed by atoms with Gasteiger partial charge in [0.05, 0.1) is 4.90 Å². The van der Waals surface area contributed by atoms with Gasteiger partial charge in [-0.15, -0.1) is 0 Å². The Morgan fingerprint density at radius 1 is 1.00 bits per heavy atom. The zero-order valence-corrected chi connectivity index (χ0v) is 11.3. The molecule has 0 N–H and O–H groups in total. The summed E-state index contributed by atoms with van der Waals surface area (Å²) in [5.41, 5.74) is 0. The van der Waals surface area contributed by atoms with E-state index < -0.39 is 15.8 Å². The number of fused-ring (bicyclic) bond motifs is 1. The minimum atomic E-state index is -3.47. The number of benzene rings is 1. The molecule has 19 heavy (non-hydrogen) atoms. The SMILES string of the molecule is O=S(=O)(c1ccc(F)cc1)N1CC2CC=CCC2C1. The van der Waals surface area contributed by atoms with Crippen molar-refractivity contribution < 1.29 is 12.8 Å². The van der Waals surface area contributed by atoms with Crippen LogP contribution >= 0.6 is 0 Å². The fraction of sp³-hybridized carbons (Fsp3) is 0.429. The topological polar surface area (TPSA) is 37.4 Å². The molecule has 3 rings (SSSR count). The molecule has 0 saturated carbocycles. The molecule has 1 aliphatic heterocycles. The Morgan fingerprint density at radius 3 is 2.05 bits per heavy atom. The van der Waals surface area contributed by atoms with Crippen molar-refractivity contribution in [3.05, 3.63) is 42.2 Å². The second-order valence-electron chi connectivity index (χ2n) is 5.24. The van der Waals surface area contributed by atoms with Crippen LogP contribution in [0.5, 0.6) is 0 Å². The molecule has 5 heteroatoms. The molecule has 1 aromatic rings. The summed E-state index contributed by atoms with van der Waals surface area (Å²) in [6.07, 6.45) is 6.19. The fourth-order valence-electron chi connectivity index (χ4n) is 2.92. The Hall–Kier alpha value is -1.20. The maximum atomic E-state index is 12.9. The third-order valence-electron chi connectivity index (χ3n) is 4.04. The summed E-state index contributed by atoms with van der Waals surface area (Å²) in [5, 5.41) is 0. The van der Waals surface area contributed by atoms with Gasteiger partial charge in [-0.05, 0) is 48.9 Å². The highest BCUT2D eigenvalue weighted by molar-refractivity contribution is 7.89. The zero-order valence-electron chi connectivity index (χ0n) is 10.5. The monoisotopic (exact) mass is 281 g/mol. The van der Waals surface area contributed by atoms with E-state index in [1.807, 2.05) is 0 Å². The van der Waals surface area contributed by atoms with Gasteiger partial charge in [0.25, 0.3) is 0 Å². The van der Waals surface area contributed by atoms with Crippen LogP contribution < -0.4 is 0 Å². The molecule has 3 nitrogen and oxygen atoms in total. The smallest absolute Gasteiger partial charge is 0.207 e. The minimum absolute atomic E-state index is 0.181. The molecule has 0 amide bonds. The molecular formula is C14H16FNO2S. The third kappa shape index (κ3) is 2.32. The highest BCUT2D eigenvalue weighted by atomic mass is 32.2. The summed E-state index contributed by atoms with van der Waals surface area (Å²) in [7, 11) is -3.47. The van der Waals surface area contributed by atoms with Gasteiger partial charge in [0, 0.05) is 13.1 Å². The molecule has 2 aliphatic rings. The van der Waals surface area contributed by atoms with E-state index in [0.29, 0.717) is 24.9 Å². The standard InChI is InChI=1S/C14H16FNO2S/c15-13-5-7-14(8-6-13)19(17,18)16-9-11-3-1-2-4-12(11)10-16/h1-2,5-8,11-12H,3-4,9-10H2. The predicted octanol–water partition coefficient (Wildman–Crippen LogP) is 2.41. The van der Waals surface area contributed by atoms with Crippen LogP contribution in [0.1, 0.15) is 12.8 Å². The van der Waals surface area contributed by atoms with Gasteiger partial charge >= 0.3 is 0 Å². The first kappa shape index (κ1) is 12.8. The Morgan fingerprint density at radius 2 is 1.53 bits per heavy atom. The van der Waals surface area contributed by atoms with Crippen LogP contribution in [0.4, 0.5) is 4.39 Å². The van der Waals surface area contributed by atoms with Crippen LogP contribution in [0.25, 0.3) is 0 Å². The van der Waals surface area contributed by atoms with E-state index in [-0.39, 0.29) is 4.90 Å². The predicted molar refractivity (Wildman–Crippen MR) is 70.5 cm³/mol. The quantitative estimate of drug-likeness (QED) is 0.781. The van der Waals surface area contributed by atoms with Crippen molar-refractivity contribution >= 4 is 10.0 Å². The molecule has 1 saturated heterocycles. The van der Waals surface area contributed by atoms with E-state index in [9.17, 15) is 12.8 Å². The lowest BCUT2D eigenvalue weighted by atomic mass is 9.86. The van der Waals surface area contributed by atoms with Crippen molar-refractivity contribution in [2.75, 3.05) is 13.1 Å². The first-order valence-electron chi connectivity index (χ1n) is 6.48. The maximum Gasteiger partial charge on any atom is 0.243 e. The second-order valence-corrected chi connectivity index (χ2v) is 7.18.